The van der Waals surface area contributed by atoms with Crippen LogP contribution in [-0.4, -0.2) is 92.2 Å². The summed E-state index contributed by atoms with van der Waals surface area (Å²) < 4.78 is 28.0. The summed E-state index contributed by atoms with van der Waals surface area (Å²) in [6.07, 6.45) is 6.00. The summed E-state index contributed by atoms with van der Waals surface area (Å²) in [5.74, 6) is 0. The van der Waals surface area contributed by atoms with Gasteiger partial charge in [-0.1, -0.05) is 0 Å². The van der Waals surface area contributed by atoms with Gasteiger partial charge in [-0.25, -0.2) is 0 Å². The van der Waals surface area contributed by atoms with Gasteiger partial charge in [0.25, 0.3) is 0 Å². The topological polar surface area (TPSA) is 70.2 Å². The van der Waals surface area contributed by atoms with Crippen molar-refractivity contribution in [3.8, 4) is 0 Å². The van der Waals surface area contributed by atoms with Gasteiger partial charge in [0, 0.05) is 66.0 Å². The Labute approximate surface area is 165 Å². The molecule has 0 radical (unpaired) electrons. The highest BCUT2D eigenvalue weighted by atomic mass is 16.5. The van der Waals surface area contributed by atoms with Crippen LogP contribution in [0.25, 0.3) is 0 Å². The normalized spacial score (nSPS) is 24.0. The average molecular weight is 391 g/mol. The summed E-state index contributed by atoms with van der Waals surface area (Å²) in [6.45, 7) is 11.7. The molecule has 0 amide bonds. The van der Waals surface area contributed by atoms with Crippen LogP contribution in [0, 0.1) is 0 Å². The molecule has 27 heavy (non-hydrogen) atoms. The first-order chi connectivity index (χ1) is 13.5. The third-order valence-electron chi connectivity index (χ3n) is 4.08. The van der Waals surface area contributed by atoms with Gasteiger partial charge in [-0.2, -0.15) is 0 Å². The van der Waals surface area contributed by atoms with Gasteiger partial charge < -0.3 is 34.3 Å². The molecule has 0 aromatic heterocycles. The van der Waals surface area contributed by atoms with E-state index in [0.29, 0.717) is 0 Å². The number of hydrogen-bond acceptors (Lipinski definition) is 7. The Kier molecular flexibility index (Phi) is 20.2. The Morgan fingerprint density at radius 1 is 0.296 bits per heavy atom. The fourth-order valence-corrected chi connectivity index (χ4v) is 2.59. The first-order valence-corrected chi connectivity index (χ1v) is 10.8. The molecule has 0 bridgehead atoms. The van der Waals surface area contributed by atoms with Crippen molar-refractivity contribution in [2.45, 2.75) is 38.5 Å². The maximum Gasteiger partial charge on any atom is 0.0590 e. The van der Waals surface area contributed by atoms with Gasteiger partial charge >= 0.3 is 0 Å². The largest absolute Gasteiger partial charge is 0.381 e. The third kappa shape index (κ3) is 20.3. The van der Waals surface area contributed by atoms with Crippen LogP contribution in [0.1, 0.15) is 38.5 Å². The summed E-state index contributed by atoms with van der Waals surface area (Å²) in [5, 5.41) is 6.80. The van der Waals surface area contributed by atoms with Crippen LogP contribution < -0.4 is 10.6 Å². The Morgan fingerprint density at radius 2 is 0.593 bits per heavy atom. The van der Waals surface area contributed by atoms with Crippen molar-refractivity contribution in [2.24, 2.45) is 0 Å². The van der Waals surface area contributed by atoms with Crippen molar-refractivity contribution in [2.75, 3.05) is 92.2 Å². The van der Waals surface area contributed by atoms with Crippen LogP contribution in [0.4, 0.5) is 0 Å². The molecule has 1 heterocycles. The molecule has 0 atom stereocenters. The molecule has 0 aliphatic carbocycles. The van der Waals surface area contributed by atoms with Gasteiger partial charge in [-0.05, 0) is 58.2 Å². The SMILES string of the molecule is C1CNCCCOCCCOCCCOCCNCCCOCCCOC1. The zero-order valence-electron chi connectivity index (χ0n) is 17.2. The Bertz CT molecular complexity index is 157. The van der Waals surface area contributed by atoms with E-state index in [1.54, 1.807) is 0 Å². The fourth-order valence-electron chi connectivity index (χ4n) is 2.59. The van der Waals surface area contributed by atoms with Crippen LogP contribution in [0.15, 0.2) is 0 Å². The third-order valence-corrected chi connectivity index (χ3v) is 4.08. The second-order valence-corrected chi connectivity index (χ2v) is 6.68. The lowest BCUT2D eigenvalue weighted by molar-refractivity contribution is 0.0633. The lowest BCUT2D eigenvalue weighted by Gasteiger charge is -2.08. The highest BCUT2D eigenvalue weighted by Gasteiger charge is 1.96. The zero-order valence-corrected chi connectivity index (χ0v) is 17.2. The molecule has 0 aromatic carbocycles. The number of hydrogen-bond donors (Lipinski definition) is 2. The van der Waals surface area contributed by atoms with Crippen molar-refractivity contribution in [1.82, 2.24) is 10.6 Å². The van der Waals surface area contributed by atoms with Crippen LogP contribution in [0.5, 0.6) is 0 Å². The molecule has 2 N–H and O–H groups in total. The maximum atomic E-state index is 5.62. The summed E-state index contributed by atoms with van der Waals surface area (Å²) in [6, 6.07) is 0. The predicted molar refractivity (Wildman–Crippen MR) is 108 cm³/mol. The van der Waals surface area contributed by atoms with E-state index in [9.17, 15) is 0 Å². The van der Waals surface area contributed by atoms with Crippen LogP contribution in [-0.2, 0) is 23.7 Å². The lowest BCUT2D eigenvalue weighted by Crippen LogP contribution is -2.22. The monoisotopic (exact) mass is 390 g/mol. The van der Waals surface area contributed by atoms with E-state index in [2.05, 4.69) is 10.6 Å². The number of ether oxygens (including phenoxy) is 5. The van der Waals surface area contributed by atoms with E-state index in [1.165, 1.54) is 0 Å². The fraction of sp³-hybridized carbons (Fsp3) is 1.00. The Hall–Kier alpha value is -0.280. The molecular formula is C20H42N2O5. The first-order valence-electron chi connectivity index (χ1n) is 10.8. The molecule has 1 rings (SSSR count). The van der Waals surface area contributed by atoms with E-state index in [1.807, 2.05) is 0 Å². The maximum absolute atomic E-state index is 5.62. The predicted octanol–water partition coefficient (Wildman–Crippen LogP) is 1.60. The van der Waals surface area contributed by atoms with Crippen molar-refractivity contribution in [3.05, 3.63) is 0 Å². The molecule has 0 spiro atoms. The van der Waals surface area contributed by atoms with Crippen molar-refractivity contribution >= 4 is 0 Å². The molecule has 0 unspecified atom stereocenters. The zero-order chi connectivity index (χ0) is 19.1. The van der Waals surface area contributed by atoms with Crippen molar-refractivity contribution < 1.29 is 23.7 Å². The van der Waals surface area contributed by atoms with Crippen LogP contribution >= 0.6 is 0 Å². The van der Waals surface area contributed by atoms with Gasteiger partial charge in [0.15, 0.2) is 0 Å². The summed E-state index contributed by atoms with van der Waals surface area (Å²) in [4.78, 5) is 0. The minimum Gasteiger partial charge on any atom is -0.381 e. The molecule has 0 aromatic rings. The number of rotatable bonds is 0. The minimum absolute atomic E-state index is 0.751. The van der Waals surface area contributed by atoms with E-state index in [-0.39, 0.29) is 0 Å². The number of nitrogens with one attached hydrogen (secondary N) is 2. The lowest BCUT2D eigenvalue weighted by atomic mass is 10.4. The van der Waals surface area contributed by atoms with E-state index < -0.39 is 0 Å². The van der Waals surface area contributed by atoms with E-state index >= 15 is 0 Å². The minimum atomic E-state index is 0.751. The molecule has 0 saturated carbocycles. The van der Waals surface area contributed by atoms with Crippen molar-refractivity contribution in [3.63, 3.8) is 0 Å². The van der Waals surface area contributed by atoms with Gasteiger partial charge in [0.2, 0.25) is 0 Å². The highest BCUT2D eigenvalue weighted by Crippen LogP contribution is 1.92. The molecule has 1 saturated heterocycles. The smallest absolute Gasteiger partial charge is 0.0590 e. The molecule has 1 fully saturated rings. The van der Waals surface area contributed by atoms with E-state index in [0.717, 1.165) is 131 Å². The molecule has 162 valence electrons. The standard InChI is InChI=1S/C20H42N2O5/c1-7-21-8-2-12-24-16-5-17-26-18-6-19-27-20-10-22-9-3-13-25-15-4-14-23-11-1/h21-22H,1-20H2. The average Bonchev–Trinajstić information content (AvgIpc) is 2.68. The Balaban J connectivity index is 2.00. The highest BCUT2D eigenvalue weighted by molar-refractivity contribution is 4.49. The van der Waals surface area contributed by atoms with E-state index in [4.69, 9.17) is 23.7 Å². The van der Waals surface area contributed by atoms with Gasteiger partial charge in [0.05, 0.1) is 6.61 Å². The van der Waals surface area contributed by atoms with Gasteiger partial charge in [0.1, 0.15) is 0 Å². The molecule has 1 aliphatic heterocycles. The summed E-state index contributed by atoms with van der Waals surface area (Å²) >= 11 is 0. The van der Waals surface area contributed by atoms with Crippen molar-refractivity contribution in [1.29, 1.82) is 0 Å². The van der Waals surface area contributed by atoms with Crippen LogP contribution in [0.3, 0.4) is 0 Å². The quantitative estimate of drug-likeness (QED) is 0.651. The molecule has 7 nitrogen and oxygen atoms in total. The first kappa shape index (κ1) is 24.8. The molecular weight excluding hydrogens is 348 g/mol. The van der Waals surface area contributed by atoms with Crippen LogP contribution in [0.2, 0.25) is 0 Å². The molecule has 7 heteroatoms. The Morgan fingerprint density at radius 3 is 1.00 bits per heavy atom. The van der Waals surface area contributed by atoms with Gasteiger partial charge in [-0.15, -0.1) is 0 Å². The summed E-state index contributed by atoms with van der Waals surface area (Å²) in [7, 11) is 0. The second-order valence-electron chi connectivity index (χ2n) is 6.68. The summed E-state index contributed by atoms with van der Waals surface area (Å²) in [5.41, 5.74) is 0. The second kappa shape index (κ2) is 22.0. The van der Waals surface area contributed by atoms with Gasteiger partial charge in [-0.3, -0.25) is 0 Å². The molecule has 1 aliphatic rings.